The molecule has 0 bridgehead atoms. The molecule has 34 heavy (non-hydrogen) atoms. The minimum absolute atomic E-state index is 0.0366. The number of sulfonamides is 1. The van der Waals surface area contributed by atoms with Gasteiger partial charge in [0, 0.05) is 37.7 Å². The number of ether oxygens (including phenoxy) is 1. The highest BCUT2D eigenvalue weighted by Crippen LogP contribution is 2.35. The summed E-state index contributed by atoms with van der Waals surface area (Å²) in [6.45, 7) is 4.47. The van der Waals surface area contributed by atoms with Gasteiger partial charge in [-0.25, -0.2) is 0 Å². The van der Waals surface area contributed by atoms with Gasteiger partial charge in [0.1, 0.15) is 16.5 Å². The monoisotopic (exact) mass is 479 g/mol. The summed E-state index contributed by atoms with van der Waals surface area (Å²) in [6.07, 6.45) is 2.29. The van der Waals surface area contributed by atoms with Crippen LogP contribution in [0, 0.1) is 5.92 Å². The van der Waals surface area contributed by atoms with Gasteiger partial charge in [0.25, 0.3) is 10.0 Å². The normalized spacial score (nSPS) is 20.2. The Labute approximate surface area is 200 Å². The SMILES string of the molecule is COc1ccc(C2=C(C)C(N3CCC(C(=O)N4CCc5ccccc5C4)CC3)=NS2(=O)=O)cc1. The molecule has 0 unspecified atom stereocenters. The molecule has 3 aliphatic heterocycles. The predicted octanol–water partition coefficient (Wildman–Crippen LogP) is 3.47. The Balaban J connectivity index is 1.27. The summed E-state index contributed by atoms with van der Waals surface area (Å²) < 4.78 is 35.1. The fourth-order valence-corrected chi connectivity index (χ4v) is 6.69. The van der Waals surface area contributed by atoms with E-state index < -0.39 is 10.0 Å². The maximum absolute atomic E-state index is 13.2. The maximum atomic E-state index is 13.2. The minimum atomic E-state index is -3.77. The third-order valence-electron chi connectivity index (χ3n) is 7.08. The molecule has 0 saturated carbocycles. The number of benzene rings is 2. The Bertz CT molecular complexity index is 1270. The number of carbonyl (C=O) groups is 1. The molecular weight excluding hydrogens is 450 g/mol. The molecule has 1 amide bonds. The second-order valence-electron chi connectivity index (χ2n) is 9.11. The van der Waals surface area contributed by atoms with Crippen LogP contribution >= 0.6 is 0 Å². The molecule has 2 aromatic rings. The van der Waals surface area contributed by atoms with Gasteiger partial charge in [0.15, 0.2) is 0 Å². The van der Waals surface area contributed by atoms with Crippen molar-refractivity contribution in [3.63, 3.8) is 0 Å². The Morgan fingerprint density at radius 1 is 1.00 bits per heavy atom. The van der Waals surface area contributed by atoms with Gasteiger partial charge in [-0.1, -0.05) is 24.3 Å². The lowest BCUT2D eigenvalue weighted by molar-refractivity contribution is -0.137. The van der Waals surface area contributed by atoms with Gasteiger partial charge in [-0.15, -0.1) is 4.40 Å². The second kappa shape index (κ2) is 8.91. The van der Waals surface area contributed by atoms with E-state index in [0.717, 1.165) is 13.0 Å². The summed E-state index contributed by atoms with van der Waals surface area (Å²) in [7, 11) is -2.20. The minimum Gasteiger partial charge on any atom is -0.497 e. The number of rotatable bonds is 3. The molecule has 0 spiro atoms. The average Bonchev–Trinajstić information content (AvgIpc) is 3.11. The van der Waals surface area contributed by atoms with Crippen LogP contribution < -0.4 is 4.74 Å². The van der Waals surface area contributed by atoms with Crippen LogP contribution in [0.5, 0.6) is 5.75 Å². The number of hydrogen-bond donors (Lipinski definition) is 0. The fraction of sp³-hybridized carbons (Fsp3) is 0.385. The van der Waals surface area contributed by atoms with Gasteiger partial charge in [-0.2, -0.15) is 8.42 Å². The van der Waals surface area contributed by atoms with Crippen LogP contribution in [0.25, 0.3) is 4.91 Å². The van der Waals surface area contributed by atoms with Crippen LogP contribution in [0.4, 0.5) is 0 Å². The smallest absolute Gasteiger partial charge is 0.285 e. The number of amidine groups is 1. The standard InChI is InChI=1S/C26H29N3O4S/c1-18-24(20-7-9-23(33-2)10-8-20)34(31,32)27-25(18)28-14-12-21(13-15-28)26(30)29-16-11-19-5-3-4-6-22(19)17-29/h3-10,21H,11-17H2,1-2H3. The van der Waals surface area contributed by atoms with E-state index in [2.05, 4.69) is 22.6 Å². The summed E-state index contributed by atoms with van der Waals surface area (Å²) in [6, 6.07) is 15.3. The van der Waals surface area contributed by atoms with Crippen molar-refractivity contribution in [2.24, 2.45) is 10.3 Å². The summed E-state index contributed by atoms with van der Waals surface area (Å²) in [4.78, 5) is 17.4. The van der Waals surface area contributed by atoms with E-state index in [4.69, 9.17) is 4.74 Å². The highest BCUT2D eigenvalue weighted by Gasteiger charge is 2.36. The first-order valence-electron chi connectivity index (χ1n) is 11.7. The zero-order valence-corrected chi connectivity index (χ0v) is 20.3. The Morgan fingerprint density at radius 2 is 1.68 bits per heavy atom. The van der Waals surface area contributed by atoms with Crippen LogP contribution in [-0.4, -0.2) is 56.7 Å². The van der Waals surface area contributed by atoms with Gasteiger partial charge in [0.05, 0.1) is 7.11 Å². The summed E-state index contributed by atoms with van der Waals surface area (Å²) in [5.41, 5.74) is 3.82. The lowest BCUT2D eigenvalue weighted by Gasteiger charge is -2.36. The molecule has 7 nitrogen and oxygen atoms in total. The van der Waals surface area contributed by atoms with Crippen LogP contribution in [0.15, 0.2) is 58.5 Å². The largest absolute Gasteiger partial charge is 0.497 e. The topological polar surface area (TPSA) is 79.3 Å². The highest BCUT2D eigenvalue weighted by molar-refractivity contribution is 8.00. The molecule has 1 fully saturated rings. The molecule has 0 aliphatic carbocycles. The number of piperidine rings is 1. The van der Waals surface area contributed by atoms with E-state index in [1.807, 2.05) is 22.8 Å². The molecule has 0 atom stereocenters. The first-order valence-corrected chi connectivity index (χ1v) is 13.1. The highest BCUT2D eigenvalue weighted by atomic mass is 32.2. The summed E-state index contributed by atoms with van der Waals surface area (Å²) >= 11 is 0. The van der Waals surface area contributed by atoms with Crippen molar-refractivity contribution < 1.29 is 17.9 Å². The van der Waals surface area contributed by atoms with Crippen molar-refractivity contribution in [3.05, 3.63) is 70.8 Å². The number of nitrogens with zero attached hydrogens (tertiary/aromatic N) is 3. The average molecular weight is 480 g/mol. The fourth-order valence-electron chi connectivity index (χ4n) is 5.21. The zero-order chi connectivity index (χ0) is 23.9. The number of methoxy groups -OCH3 is 1. The second-order valence-corrected chi connectivity index (χ2v) is 10.7. The number of hydrogen-bond acceptors (Lipinski definition) is 5. The molecule has 0 N–H and O–H groups in total. The quantitative estimate of drug-likeness (QED) is 0.674. The summed E-state index contributed by atoms with van der Waals surface area (Å²) in [5.74, 6) is 1.35. The molecule has 178 valence electrons. The first kappa shape index (κ1) is 22.7. The molecule has 3 heterocycles. The third-order valence-corrected chi connectivity index (χ3v) is 8.55. The van der Waals surface area contributed by atoms with E-state index >= 15 is 0 Å². The van der Waals surface area contributed by atoms with E-state index in [1.54, 1.807) is 31.4 Å². The van der Waals surface area contributed by atoms with E-state index in [-0.39, 0.29) is 16.7 Å². The van der Waals surface area contributed by atoms with Crippen molar-refractivity contribution in [3.8, 4) is 5.75 Å². The third kappa shape index (κ3) is 4.11. The Morgan fingerprint density at radius 3 is 2.35 bits per heavy atom. The van der Waals surface area contributed by atoms with Crippen LogP contribution in [0.3, 0.4) is 0 Å². The van der Waals surface area contributed by atoms with Crippen molar-refractivity contribution in [1.29, 1.82) is 0 Å². The van der Waals surface area contributed by atoms with Crippen LogP contribution in [0.2, 0.25) is 0 Å². The Hall–Kier alpha value is -3.13. The maximum Gasteiger partial charge on any atom is 0.285 e. The van der Waals surface area contributed by atoms with E-state index in [9.17, 15) is 13.2 Å². The molecule has 3 aliphatic rings. The molecule has 0 radical (unpaired) electrons. The van der Waals surface area contributed by atoms with Crippen molar-refractivity contribution in [2.45, 2.75) is 32.7 Å². The molecular formula is C26H29N3O4S. The van der Waals surface area contributed by atoms with Crippen molar-refractivity contribution in [1.82, 2.24) is 9.80 Å². The molecule has 8 heteroatoms. The number of fused-ring (bicyclic) bond motifs is 1. The predicted molar refractivity (Wildman–Crippen MR) is 132 cm³/mol. The molecule has 0 aromatic heterocycles. The van der Waals surface area contributed by atoms with Crippen LogP contribution in [0.1, 0.15) is 36.5 Å². The van der Waals surface area contributed by atoms with E-state index in [0.29, 0.717) is 55.2 Å². The number of amides is 1. The van der Waals surface area contributed by atoms with Crippen molar-refractivity contribution in [2.75, 3.05) is 26.7 Å². The molecule has 5 rings (SSSR count). The summed E-state index contributed by atoms with van der Waals surface area (Å²) in [5, 5.41) is 0. The first-order chi connectivity index (χ1) is 16.4. The van der Waals surface area contributed by atoms with Gasteiger partial charge in [-0.3, -0.25) is 4.79 Å². The number of likely N-dealkylation sites (tertiary alicyclic amines) is 1. The van der Waals surface area contributed by atoms with Gasteiger partial charge in [0.2, 0.25) is 5.91 Å². The van der Waals surface area contributed by atoms with E-state index in [1.165, 1.54) is 11.1 Å². The molecule has 2 aromatic carbocycles. The van der Waals surface area contributed by atoms with Gasteiger partial charge >= 0.3 is 0 Å². The molecule has 1 saturated heterocycles. The number of carbonyl (C=O) groups excluding carboxylic acids is 1. The lowest BCUT2D eigenvalue weighted by Crippen LogP contribution is -2.45. The lowest BCUT2D eigenvalue weighted by atomic mass is 9.92. The van der Waals surface area contributed by atoms with Crippen molar-refractivity contribution >= 4 is 26.7 Å². The zero-order valence-electron chi connectivity index (χ0n) is 19.5. The van der Waals surface area contributed by atoms with Gasteiger partial charge < -0.3 is 14.5 Å². The van der Waals surface area contributed by atoms with Crippen LogP contribution in [-0.2, 0) is 27.8 Å². The Kier molecular flexibility index (Phi) is 5.93. The van der Waals surface area contributed by atoms with Gasteiger partial charge in [-0.05, 0) is 67.1 Å².